The zero-order chi connectivity index (χ0) is 25.7. The molecule has 0 bridgehead atoms. The fraction of sp³-hybridized carbons (Fsp3) is 0.480. The quantitative estimate of drug-likeness (QED) is 0.416. The molecule has 2 saturated heterocycles. The van der Waals surface area contributed by atoms with Crippen molar-refractivity contribution in [1.82, 2.24) is 9.80 Å². The van der Waals surface area contributed by atoms with E-state index in [4.69, 9.17) is 16.3 Å². The number of amides is 1. The summed E-state index contributed by atoms with van der Waals surface area (Å²) in [7, 11) is 1.41. The first kappa shape index (κ1) is 26.0. The molecule has 2 aliphatic rings. The summed E-state index contributed by atoms with van der Waals surface area (Å²) in [6.07, 6.45) is 2.07. The van der Waals surface area contributed by atoms with Gasteiger partial charge in [-0.1, -0.05) is 11.6 Å². The molecule has 1 N–H and O–H groups in total. The largest absolute Gasteiger partial charge is 0.490 e. The highest BCUT2D eigenvalue weighted by Gasteiger charge is 2.25. The Morgan fingerprint density at radius 3 is 2.50 bits per heavy atom. The SMILES string of the molecule is COc1cc(NC2CCN(C(=O)CCN3CCN(c4ccc(Cl)cc4F)CC3)CC2)ccc1[N+](=O)[O-]. The van der Waals surface area contributed by atoms with Crippen molar-refractivity contribution in [3.63, 3.8) is 0 Å². The molecule has 0 aliphatic carbocycles. The van der Waals surface area contributed by atoms with Gasteiger partial charge >= 0.3 is 5.69 Å². The van der Waals surface area contributed by atoms with E-state index < -0.39 is 4.92 Å². The molecule has 0 saturated carbocycles. The van der Waals surface area contributed by atoms with E-state index in [0.29, 0.717) is 49.9 Å². The van der Waals surface area contributed by atoms with Crippen molar-refractivity contribution in [2.24, 2.45) is 0 Å². The van der Waals surface area contributed by atoms with Gasteiger partial charge in [-0.25, -0.2) is 4.39 Å². The van der Waals surface area contributed by atoms with Crippen LogP contribution in [0, 0.1) is 15.9 Å². The maximum atomic E-state index is 14.2. The van der Waals surface area contributed by atoms with Crippen LogP contribution in [-0.4, -0.2) is 79.6 Å². The van der Waals surface area contributed by atoms with Crippen molar-refractivity contribution >= 4 is 34.6 Å². The molecule has 9 nitrogen and oxygen atoms in total. The average Bonchev–Trinajstić information content (AvgIpc) is 2.88. The Labute approximate surface area is 214 Å². The van der Waals surface area contributed by atoms with Gasteiger partial charge in [0.05, 0.1) is 17.7 Å². The lowest BCUT2D eigenvalue weighted by Gasteiger charge is -2.37. The van der Waals surface area contributed by atoms with Gasteiger partial charge in [-0.15, -0.1) is 0 Å². The summed E-state index contributed by atoms with van der Waals surface area (Å²) in [5.74, 6) is 0.0603. The van der Waals surface area contributed by atoms with E-state index in [1.54, 1.807) is 24.3 Å². The van der Waals surface area contributed by atoms with Crippen molar-refractivity contribution in [2.45, 2.75) is 25.3 Å². The first-order valence-electron chi connectivity index (χ1n) is 12.1. The molecule has 2 aliphatic heterocycles. The highest BCUT2D eigenvalue weighted by atomic mass is 35.5. The smallest absolute Gasteiger partial charge is 0.311 e. The number of nitro benzene ring substituents is 1. The maximum absolute atomic E-state index is 14.2. The molecule has 194 valence electrons. The lowest BCUT2D eigenvalue weighted by Crippen LogP contribution is -2.48. The van der Waals surface area contributed by atoms with Gasteiger partial charge < -0.3 is 19.9 Å². The number of hydrogen-bond acceptors (Lipinski definition) is 7. The van der Waals surface area contributed by atoms with E-state index in [1.807, 2.05) is 9.80 Å². The number of benzene rings is 2. The number of nitro groups is 1. The van der Waals surface area contributed by atoms with E-state index in [-0.39, 0.29) is 29.2 Å². The predicted octanol–water partition coefficient (Wildman–Crippen LogP) is 4.01. The van der Waals surface area contributed by atoms with Gasteiger partial charge in [0.25, 0.3) is 0 Å². The van der Waals surface area contributed by atoms with Crippen LogP contribution in [-0.2, 0) is 4.79 Å². The average molecular weight is 520 g/mol. The van der Waals surface area contributed by atoms with Gasteiger partial charge in [-0.2, -0.15) is 0 Å². The summed E-state index contributed by atoms with van der Waals surface area (Å²) < 4.78 is 19.3. The monoisotopic (exact) mass is 519 g/mol. The van der Waals surface area contributed by atoms with Crippen LogP contribution in [0.4, 0.5) is 21.5 Å². The van der Waals surface area contributed by atoms with Crippen LogP contribution in [0.5, 0.6) is 5.75 Å². The number of carbonyl (C=O) groups excluding carboxylic acids is 1. The highest BCUT2D eigenvalue weighted by Crippen LogP contribution is 2.30. The number of piperazine rings is 1. The Morgan fingerprint density at radius 2 is 1.86 bits per heavy atom. The minimum atomic E-state index is -0.466. The normalized spacial score (nSPS) is 17.2. The minimum Gasteiger partial charge on any atom is -0.490 e. The summed E-state index contributed by atoms with van der Waals surface area (Å²) in [5, 5.41) is 14.9. The Bertz CT molecular complexity index is 1090. The second-order valence-electron chi connectivity index (χ2n) is 9.12. The molecule has 0 spiro atoms. The molecule has 11 heteroatoms. The summed E-state index contributed by atoms with van der Waals surface area (Å²) in [6.45, 7) is 5.00. The van der Waals surface area contributed by atoms with Crippen LogP contribution in [0.15, 0.2) is 36.4 Å². The number of rotatable bonds is 8. The van der Waals surface area contributed by atoms with E-state index in [1.165, 1.54) is 19.2 Å². The molecule has 36 heavy (non-hydrogen) atoms. The number of likely N-dealkylation sites (tertiary alicyclic amines) is 1. The molecule has 0 unspecified atom stereocenters. The Hall–Kier alpha value is -3.11. The third-order valence-corrected chi connectivity index (χ3v) is 7.09. The lowest BCUT2D eigenvalue weighted by molar-refractivity contribution is -0.385. The second-order valence-corrected chi connectivity index (χ2v) is 9.55. The number of nitrogens with one attached hydrogen (secondary N) is 1. The van der Waals surface area contributed by atoms with Crippen molar-refractivity contribution in [3.05, 3.63) is 57.4 Å². The van der Waals surface area contributed by atoms with E-state index in [0.717, 1.165) is 31.6 Å². The van der Waals surface area contributed by atoms with E-state index in [2.05, 4.69) is 10.2 Å². The van der Waals surface area contributed by atoms with Crippen molar-refractivity contribution < 1.29 is 18.8 Å². The number of hydrogen-bond donors (Lipinski definition) is 1. The molecule has 4 rings (SSSR count). The van der Waals surface area contributed by atoms with E-state index >= 15 is 0 Å². The number of ether oxygens (including phenoxy) is 1. The third-order valence-electron chi connectivity index (χ3n) is 6.86. The highest BCUT2D eigenvalue weighted by molar-refractivity contribution is 6.30. The van der Waals surface area contributed by atoms with Gasteiger partial charge in [0.2, 0.25) is 5.91 Å². The Morgan fingerprint density at radius 1 is 1.14 bits per heavy atom. The molecule has 2 aromatic rings. The molecule has 2 aromatic carbocycles. The van der Waals surface area contributed by atoms with Crippen LogP contribution in [0.2, 0.25) is 5.02 Å². The zero-order valence-corrected chi connectivity index (χ0v) is 21.0. The van der Waals surface area contributed by atoms with Crippen LogP contribution in [0.1, 0.15) is 19.3 Å². The lowest BCUT2D eigenvalue weighted by atomic mass is 10.0. The fourth-order valence-electron chi connectivity index (χ4n) is 4.79. The zero-order valence-electron chi connectivity index (χ0n) is 20.3. The van der Waals surface area contributed by atoms with Crippen molar-refractivity contribution in [2.75, 3.05) is 63.1 Å². The molecule has 0 aromatic heterocycles. The van der Waals surface area contributed by atoms with Crippen LogP contribution >= 0.6 is 11.6 Å². The van der Waals surface area contributed by atoms with Crippen molar-refractivity contribution in [3.8, 4) is 5.75 Å². The second kappa shape index (κ2) is 11.7. The Kier molecular flexibility index (Phi) is 8.48. The Balaban J connectivity index is 1.18. The van der Waals surface area contributed by atoms with Crippen LogP contribution in [0.25, 0.3) is 0 Å². The van der Waals surface area contributed by atoms with Gasteiger partial charge in [0, 0.05) is 81.1 Å². The summed E-state index contributed by atoms with van der Waals surface area (Å²) >= 11 is 5.85. The van der Waals surface area contributed by atoms with Gasteiger partial charge in [-0.3, -0.25) is 19.8 Å². The number of carbonyl (C=O) groups is 1. The molecular formula is C25H31ClFN5O4. The predicted molar refractivity (Wildman–Crippen MR) is 138 cm³/mol. The molecule has 1 amide bonds. The number of methoxy groups -OCH3 is 1. The summed E-state index contributed by atoms with van der Waals surface area (Å²) in [5.41, 5.74) is 1.26. The summed E-state index contributed by atoms with van der Waals surface area (Å²) in [6, 6.07) is 9.69. The summed E-state index contributed by atoms with van der Waals surface area (Å²) in [4.78, 5) is 29.6. The molecule has 0 atom stereocenters. The van der Waals surface area contributed by atoms with Gasteiger partial charge in [-0.05, 0) is 37.1 Å². The molecule has 2 heterocycles. The van der Waals surface area contributed by atoms with Crippen LogP contribution in [0.3, 0.4) is 0 Å². The molecular weight excluding hydrogens is 489 g/mol. The topological polar surface area (TPSA) is 91.2 Å². The van der Waals surface area contributed by atoms with Gasteiger partial charge in [0.15, 0.2) is 5.75 Å². The first-order valence-corrected chi connectivity index (χ1v) is 12.5. The molecule has 0 radical (unpaired) electrons. The standard InChI is InChI=1S/C25H31ClFN5O4/c1-36-24-17-20(3-5-23(24)32(34)35)28-19-6-10-31(11-7-19)25(33)8-9-29-12-14-30(15-13-29)22-4-2-18(26)16-21(22)27/h2-5,16-17,19,28H,6-15H2,1H3. The molecule has 2 fully saturated rings. The van der Waals surface area contributed by atoms with Gasteiger partial charge in [0.1, 0.15) is 5.82 Å². The first-order chi connectivity index (χ1) is 17.3. The third kappa shape index (κ3) is 6.36. The maximum Gasteiger partial charge on any atom is 0.311 e. The van der Waals surface area contributed by atoms with Crippen molar-refractivity contribution in [1.29, 1.82) is 0 Å². The van der Waals surface area contributed by atoms with Crippen LogP contribution < -0.4 is 15.0 Å². The number of anilines is 2. The number of nitrogens with zero attached hydrogens (tertiary/aromatic N) is 4. The fourth-order valence-corrected chi connectivity index (χ4v) is 4.95. The number of piperidine rings is 1. The minimum absolute atomic E-state index is 0.0676. The number of halogens is 2. The van der Waals surface area contributed by atoms with E-state index in [9.17, 15) is 19.3 Å².